The van der Waals surface area contributed by atoms with Crippen molar-refractivity contribution in [2.75, 3.05) is 20.8 Å². The van der Waals surface area contributed by atoms with E-state index in [-0.39, 0.29) is 11.4 Å². The average Bonchev–Trinajstić information content (AvgIpc) is 2.65. The molecule has 8 heteroatoms. The van der Waals surface area contributed by atoms with E-state index in [9.17, 15) is 13.2 Å². The summed E-state index contributed by atoms with van der Waals surface area (Å²) >= 11 is 0. The van der Waals surface area contributed by atoms with E-state index in [2.05, 4.69) is 10.0 Å². The van der Waals surface area contributed by atoms with Crippen LogP contribution in [-0.2, 0) is 21.4 Å². The van der Waals surface area contributed by atoms with E-state index in [0.29, 0.717) is 17.9 Å². The number of benzene rings is 2. The van der Waals surface area contributed by atoms with Gasteiger partial charge in [0.25, 0.3) is 0 Å². The molecule has 2 rings (SSSR count). The molecular formula is C18H22N2O5S. The Balaban J connectivity index is 1.89. The Kier molecular flexibility index (Phi) is 6.59. The zero-order valence-corrected chi connectivity index (χ0v) is 15.7. The molecule has 26 heavy (non-hydrogen) atoms. The van der Waals surface area contributed by atoms with Crippen molar-refractivity contribution in [2.24, 2.45) is 0 Å². The summed E-state index contributed by atoms with van der Waals surface area (Å²) < 4.78 is 37.0. The van der Waals surface area contributed by atoms with Crippen molar-refractivity contribution in [1.29, 1.82) is 0 Å². The third-order valence-corrected chi connectivity index (χ3v) is 5.15. The Morgan fingerprint density at radius 2 is 1.73 bits per heavy atom. The van der Waals surface area contributed by atoms with Crippen LogP contribution in [0.4, 0.5) is 0 Å². The number of methoxy groups -OCH3 is 2. The van der Waals surface area contributed by atoms with Crippen molar-refractivity contribution in [3.8, 4) is 11.5 Å². The van der Waals surface area contributed by atoms with Gasteiger partial charge in [-0.15, -0.1) is 0 Å². The molecule has 0 aliphatic carbocycles. The zero-order valence-electron chi connectivity index (χ0n) is 14.9. The Bertz CT molecular complexity index is 864. The van der Waals surface area contributed by atoms with Gasteiger partial charge in [-0.25, -0.2) is 13.1 Å². The van der Waals surface area contributed by atoms with Crippen LogP contribution in [0.1, 0.15) is 11.1 Å². The lowest BCUT2D eigenvalue weighted by Gasteiger charge is -2.10. The summed E-state index contributed by atoms with van der Waals surface area (Å²) in [6.07, 6.45) is 0. The van der Waals surface area contributed by atoms with E-state index in [4.69, 9.17) is 9.47 Å². The number of hydrogen-bond acceptors (Lipinski definition) is 5. The number of carbonyl (C=O) groups is 1. The maximum absolute atomic E-state index is 12.3. The topological polar surface area (TPSA) is 93.7 Å². The highest BCUT2D eigenvalue weighted by Gasteiger charge is 2.16. The van der Waals surface area contributed by atoms with Gasteiger partial charge in [0, 0.05) is 6.54 Å². The lowest BCUT2D eigenvalue weighted by Crippen LogP contribution is -2.36. The molecule has 0 bridgehead atoms. The van der Waals surface area contributed by atoms with Gasteiger partial charge in [0.2, 0.25) is 15.9 Å². The fourth-order valence-corrected chi connectivity index (χ4v) is 3.34. The predicted octanol–water partition coefficient (Wildman–Crippen LogP) is 1.61. The first-order chi connectivity index (χ1) is 12.4. The third-order valence-electron chi connectivity index (χ3n) is 3.75. The standard InChI is InChI=1S/C18H22N2O5S/c1-13-10-16(8-9-17(13)25-3)26(22,23)20-12-18(21)19-11-14-4-6-15(24-2)7-5-14/h4-10,20H,11-12H2,1-3H3,(H,19,21). The van der Waals surface area contributed by atoms with Gasteiger partial charge in [0.05, 0.1) is 25.7 Å². The molecule has 0 saturated carbocycles. The summed E-state index contributed by atoms with van der Waals surface area (Å²) in [4.78, 5) is 12.0. The second kappa shape index (κ2) is 8.68. The highest BCUT2D eigenvalue weighted by Crippen LogP contribution is 2.21. The van der Waals surface area contributed by atoms with Crippen LogP contribution in [0.25, 0.3) is 0 Å². The number of rotatable bonds is 8. The molecule has 0 spiro atoms. The van der Waals surface area contributed by atoms with Crippen LogP contribution in [0.15, 0.2) is 47.4 Å². The Labute approximate surface area is 153 Å². The zero-order chi connectivity index (χ0) is 19.2. The SMILES string of the molecule is COc1ccc(CNC(=O)CNS(=O)(=O)c2ccc(OC)c(C)c2)cc1. The fraction of sp³-hybridized carbons (Fsp3) is 0.278. The normalized spacial score (nSPS) is 11.0. The van der Waals surface area contributed by atoms with E-state index >= 15 is 0 Å². The molecule has 0 unspecified atom stereocenters. The molecule has 0 saturated heterocycles. The summed E-state index contributed by atoms with van der Waals surface area (Å²) in [5.74, 6) is 0.901. The van der Waals surface area contributed by atoms with E-state index in [1.165, 1.54) is 19.2 Å². The Hall–Kier alpha value is -2.58. The highest BCUT2D eigenvalue weighted by molar-refractivity contribution is 7.89. The fourth-order valence-electron chi connectivity index (χ4n) is 2.27. The number of nitrogens with one attached hydrogen (secondary N) is 2. The number of aryl methyl sites for hydroxylation is 1. The van der Waals surface area contributed by atoms with Crippen LogP contribution in [-0.4, -0.2) is 35.1 Å². The smallest absolute Gasteiger partial charge is 0.241 e. The molecule has 2 aromatic rings. The minimum Gasteiger partial charge on any atom is -0.497 e. The van der Waals surface area contributed by atoms with Crippen molar-refractivity contribution in [3.63, 3.8) is 0 Å². The van der Waals surface area contributed by atoms with Crippen LogP contribution in [0.5, 0.6) is 11.5 Å². The van der Waals surface area contributed by atoms with Crippen molar-refractivity contribution in [2.45, 2.75) is 18.4 Å². The molecule has 0 aliphatic heterocycles. The van der Waals surface area contributed by atoms with Gasteiger partial charge in [-0.2, -0.15) is 0 Å². The Morgan fingerprint density at radius 3 is 2.31 bits per heavy atom. The van der Waals surface area contributed by atoms with Crippen molar-refractivity contribution >= 4 is 15.9 Å². The van der Waals surface area contributed by atoms with Gasteiger partial charge < -0.3 is 14.8 Å². The lowest BCUT2D eigenvalue weighted by molar-refractivity contribution is -0.120. The van der Waals surface area contributed by atoms with Gasteiger partial charge in [0.15, 0.2) is 0 Å². The van der Waals surface area contributed by atoms with Crippen molar-refractivity contribution in [1.82, 2.24) is 10.0 Å². The largest absolute Gasteiger partial charge is 0.497 e. The minimum atomic E-state index is -3.78. The average molecular weight is 378 g/mol. The maximum Gasteiger partial charge on any atom is 0.241 e. The molecule has 2 N–H and O–H groups in total. The molecule has 140 valence electrons. The second-order valence-corrected chi connectivity index (χ2v) is 7.35. The second-order valence-electron chi connectivity index (χ2n) is 5.58. The Morgan fingerprint density at radius 1 is 1.04 bits per heavy atom. The number of carbonyl (C=O) groups excluding carboxylic acids is 1. The van der Waals surface area contributed by atoms with Crippen LogP contribution in [0.2, 0.25) is 0 Å². The summed E-state index contributed by atoms with van der Waals surface area (Å²) in [5.41, 5.74) is 1.58. The van der Waals surface area contributed by atoms with E-state index in [0.717, 1.165) is 11.3 Å². The number of amides is 1. The van der Waals surface area contributed by atoms with Crippen LogP contribution in [0, 0.1) is 6.92 Å². The third kappa shape index (κ3) is 5.21. The lowest BCUT2D eigenvalue weighted by atomic mass is 10.2. The molecular weight excluding hydrogens is 356 g/mol. The van der Waals surface area contributed by atoms with Gasteiger partial charge in [-0.05, 0) is 48.4 Å². The molecule has 7 nitrogen and oxygen atoms in total. The molecule has 0 heterocycles. The summed E-state index contributed by atoms with van der Waals surface area (Å²) in [5, 5.41) is 2.66. The molecule has 0 atom stereocenters. The van der Waals surface area contributed by atoms with Gasteiger partial charge in [-0.1, -0.05) is 12.1 Å². The van der Waals surface area contributed by atoms with Crippen LogP contribution >= 0.6 is 0 Å². The molecule has 0 fully saturated rings. The molecule has 2 aromatic carbocycles. The summed E-state index contributed by atoms with van der Waals surface area (Å²) in [7, 11) is -0.685. The van der Waals surface area contributed by atoms with Gasteiger partial charge >= 0.3 is 0 Å². The minimum absolute atomic E-state index is 0.0822. The summed E-state index contributed by atoms with van der Waals surface area (Å²) in [6, 6.07) is 11.7. The molecule has 0 aliphatic rings. The first-order valence-corrected chi connectivity index (χ1v) is 9.38. The molecule has 0 aromatic heterocycles. The monoisotopic (exact) mass is 378 g/mol. The van der Waals surface area contributed by atoms with E-state index < -0.39 is 15.9 Å². The first kappa shape index (κ1) is 19.7. The number of sulfonamides is 1. The number of hydrogen-bond donors (Lipinski definition) is 2. The van der Waals surface area contributed by atoms with E-state index in [1.807, 2.05) is 12.1 Å². The molecule has 1 amide bonds. The van der Waals surface area contributed by atoms with E-state index in [1.54, 1.807) is 32.2 Å². The van der Waals surface area contributed by atoms with Gasteiger partial charge in [0.1, 0.15) is 11.5 Å². The van der Waals surface area contributed by atoms with Gasteiger partial charge in [-0.3, -0.25) is 4.79 Å². The molecule has 0 radical (unpaired) electrons. The quantitative estimate of drug-likeness (QED) is 0.728. The van der Waals surface area contributed by atoms with Crippen LogP contribution in [0.3, 0.4) is 0 Å². The maximum atomic E-state index is 12.3. The van der Waals surface area contributed by atoms with Crippen molar-refractivity contribution < 1.29 is 22.7 Å². The predicted molar refractivity (Wildman–Crippen MR) is 97.8 cm³/mol. The van der Waals surface area contributed by atoms with Crippen LogP contribution < -0.4 is 19.5 Å². The van der Waals surface area contributed by atoms with Crippen molar-refractivity contribution in [3.05, 3.63) is 53.6 Å². The first-order valence-electron chi connectivity index (χ1n) is 7.89. The highest BCUT2D eigenvalue weighted by atomic mass is 32.2. The summed E-state index contributed by atoms with van der Waals surface area (Å²) in [6.45, 7) is 1.70. The number of ether oxygens (including phenoxy) is 2.